The number of β-amino-alcohol motifs (C(OH)–C–C–N with tert-alkyl or cyclic N) is 1. The summed E-state index contributed by atoms with van der Waals surface area (Å²) in [4.78, 5) is 1.88. The highest BCUT2D eigenvalue weighted by Crippen LogP contribution is 2.23. The zero-order valence-corrected chi connectivity index (χ0v) is 8.08. The lowest BCUT2D eigenvalue weighted by molar-refractivity contribution is -0.0486. The van der Waals surface area contributed by atoms with Gasteiger partial charge in [0.15, 0.2) is 0 Å². The van der Waals surface area contributed by atoms with E-state index in [-0.39, 0.29) is 6.54 Å². The molecule has 0 aliphatic carbocycles. The van der Waals surface area contributed by atoms with Crippen molar-refractivity contribution in [1.29, 1.82) is 0 Å². The first-order chi connectivity index (χ1) is 6.00. The smallest absolute Gasteiger partial charge is 0.265 e. The van der Waals surface area contributed by atoms with E-state index in [0.29, 0.717) is 11.8 Å². The van der Waals surface area contributed by atoms with E-state index in [0.717, 1.165) is 13.1 Å². The Kier molecular flexibility index (Phi) is 3.62. The topological polar surface area (TPSA) is 23.5 Å². The van der Waals surface area contributed by atoms with Crippen LogP contribution in [0.15, 0.2) is 0 Å². The van der Waals surface area contributed by atoms with Crippen molar-refractivity contribution in [1.82, 2.24) is 4.90 Å². The minimum Gasteiger partial charge on any atom is -0.386 e. The molecule has 0 saturated carbocycles. The molecule has 2 nitrogen and oxygen atoms in total. The Morgan fingerprint density at radius 3 is 2.31 bits per heavy atom. The molecule has 13 heavy (non-hydrogen) atoms. The largest absolute Gasteiger partial charge is 0.386 e. The molecule has 1 saturated heterocycles. The van der Waals surface area contributed by atoms with E-state index in [1.807, 2.05) is 4.90 Å². The van der Waals surface area contributed by atoms with Crippen LogP contribution in [-0.4, -0.2) is 42.2 Å². The minimum atomic E-state index is -2.61. The normalized spacial score (nSPS) is 22.4. The van der Waals surface area contributed by atoms with Crippen molar-refractivity contribution in [2.75, 3.05) is 19.6 Å². The van der Waals surface area contributed by atoms with Gasteiger partial charge in [0.2, 0.25) is 0 Å². The third-order valence-corrected chi connectivity index (χ3v) is 2.66. The van der Waals surface area contributed by atoms with Gasteiger partial charge in [0.1, 0.15) is 6.10 Å². The molecule has 0 radical (unpaired) electrons. The van der Waals surface area contributed by atoms with E-state index >= 15 is 0 Å². The molecule has 0 aromatic heterocycles. The number of likely N-dealkylation sites (tertiary alicyclic amines) is 1. The summed E-state index contributed by atoms with van der Waals surface area (Å²) < 4.78 is 23.9. The van der Waals surface area contributed by atoms with Crippen LogP contribution in [0, 0.1) is 11.8 Å². The zero-order valence-electron chi connectivity index (χ0n) is 8.08. The summed E-state index contributed by atoms with van der Waals surface area (Å²) in [5.74, 6) is 1.23. The van der Waals surface area contributed by atoms with Gasteiger partial charge in [0, 0.05) is 19.6 Å². The van der Waals surface area contributed by atoms with Gasteiger partial charge >= 0.3 is 0 Å². The Hall–Kier alpha value is -0.220. The molecular formula is C9H17F2NO. The highest BCUT2D eigenvalue weighted by molar-refractivity contribution is 4.83. The lowest BCUT2D eigenvalue weighted by Crippen LogP contribution is -2.52. The first-order valence-electron chi connectivity index (χ1n) is 4.69. The lowest BCUT2D eigenvalue weighted by Gasteiger charge is -2.42. The molecule has 1 atom stereocenters. The predicted octanol–water partition coefficient (Wildman–Crippen LogP) is 1.20. The fourth-order valence-electron chi connectivity index (χ4n) is 1.52. The van der Waals surface area contributed by atoms with Gasteiger partial charge in [-0.15, -0.1) is 0 Å². The van der Waals surface area contributed by atoms with Gasteiger partial charge in [0.25, 0.3) is 6.43 Å². The molecule has 1 aliphatic rings. The maximum atomic E-state index is 11.9. The maximum absolute atomic E-state index is 11.9. The van der Waals surface area contributed by atoms with Crippen LogP contribution >= 0.6 is 0 Å². The van der Waals surface area contributed by atoms with Crippen molar-refractivity contribution in [3.05, 3.63) is 0 Å². The average Bonchev–Trinajstić information content (AvgIpc) is 1.94. The zero-order chi connectivity index (χ0) is 10.0. The van der Waals surface area contributed by atoms with Crippen LogP contribution in [0.3, 0.4) is 0 Å². The lowest BCUT2D eigenvalue weighted by atomic mass is 9.88. The molecule has 0 bridgehead atoms. The van der Waals surface area contributed by atoms with Gasteiger partial charge in [-0.05, 0) is 11.8 Å². The highest BCUT2D eigenvalue weighted by Gasteiger charge is 2.31. The van der Waals surface area contributed by atoms with Gasteiger partial charge in [-0.3, -0.25) is 4.90 Å². The van der Waals surface area contributed by atoms with Gasteiger partial charge in [0.05, 0.1) is 0 Å². The first-order valence-corrected chi connectivity index (χ1v) is 4.69. The molecule has 1 heterocycles. The standard InChI is InChI=1S/C9H17F2NO/c1-6(2)7-3-12(4-7)5-8(13)9(10)11/h6-9,13H,3-5H2,1-2H3. The first kappa shape index (κ1) is 10.9. The molecule has 1 N–H and O–H groups in total. The van der Waals surface area contributed by atoms with Crippen molar-refractivity contribution in [2.45, 2.75) is 26.4 Å². The van der Waals surface area contributed by atoms with E-state index < -0.39 is 12.5 Å². The van der Waals surface area contributed by atoms with Gasteiger partial charge in [-0.1, -0.05) is 13.8 Å². The summed E-state index contributed by atoms with van der Waals surface area (Å²) in [6.07, 6.45) is -4.09. The molecule has 0 amide bonds. The van der Waals surface area contributed by atoms with Gasteiger partial charge < -0.3 is 5.11 Å². The SMILES string of the molecule is CC(C)C1CN(CC(O)C(F)F)C1. The second kappa shape index (κ2) is 4.33. The molecule has 1 fully saturated rings. The van der Waals surface area contributed by atoms with E-state index in [1.165, 1.54) is 0 Å². The molecule has 0 aromatic rings. The van der Waals surface area contributed by atoms with Crippen LogP contribution in [-0.2, 0) is 0 Å². The summed E-state index contributed by atoms with van der Waals surface area (Å²) in [5.41, 5.74) is 0. The molecule has 78 valence electrons. The Labute approximate surface area is 77.5 Å². The molecule has 4 heteroatoms. The average molecular weight is 193 g/mol. The Morgan fingerprint density at radius 1 is 1.38 bits per heavy atom. The molecule has 0 spiro atoms. The van der Waals surface area contributed by atoms with Crippen molar-refractivity contribution >= 4 is 0 Å². The summed E-state index contributed by atoms with van der Waals surface area (Å²) in [7, 11) is 0. The van der Waals surface area contributed by atoms with Crippen molar-refractivity contribution in [2.24, 2.45) is 11.8 Å². The molecule has 0 aromatic carbocycles. The Morgan fingerprint density at radius 2 is 1.92 bits per heavy atom. The van der Waals surface area contributed by atoms with Crippen LogP contribution in [0.5, 0.6) is 0 Å². The van der Waals surface area contributed by atoms with E-state index in [4.69, 9.17) is 5.11 Å². The summed E-state index contributed by atoms with van der Waals surface area (Å²) in [6, 6.07) is 0. The van der Waals surface area contributed by atoms with Gasteiger partial charge in [-0.2, -0.15) is 0 Å². The number of aliphatic hydroxyl groups is 1. The fourth-order valence-corrected chi connectivity index (χ4v) is 1.52. The third kappa shape index (κ3) is 2.88. The number of nitrogens with zero attached hydrogens (tertiary/aromatic N) is 1. The van der Waals surface area contributed by atoms with Crippen molar-refractivity contribution in [3.63, 3.8) is 0 Å². The second-order valence-electron chi connectivity index (χ2n) is 4.12. The van der Waals surface area contributed by atoms with E-state index in [9.17, 15) is 8.78 Å². The number of rotatable bonds is 4. The quantitative estimate of drug-likeness (QED) is 0.725. The summed E-state index contributed by atoms with van der Waals surface area (Å²) in [5, 5.41) is 8.90. The number of aliphatic hydroxyl groups excluding tert-OH is 1. The third-order valence-electron chi connectivity index (χ3n) is 2.66. The minimum absolute atomic E-state index is 0.112. The number of hydrogen-bond acceptors (Lipinski definition) is 2. The highest BCUT2D eigenvalue weighted by atomic mass is 19.3. The predicted molar refractivity (Wildman–Crippen MR) is 46.8 cm³/mol. The van der Waals surface area contributed by atoms with Crippen LogP contribution in [0.4, 0.5) is 8.78 Å². The molecule has 1 rings (SSSR count). The number of halogens is 2. The number of hydrogen-bond donors (Lipinski definition) is 1. The number of alkyl halides is 2. The molecular weight excluding hydrogens is 176 g/mol. The van der Waals surface area contributed by atoms with Crippen LogP contribution < -0.4 is 0 Å². The van der Waals surface area contributed by atoms with Crippen molar-refractivity contribution < 1.29 is 13.9 Å². The van der Waals surface area contributed by atoms with Gasteiger partial charge in [-0.25, -0.2) is 8.78 Å². The molecule has 1 aliphatic heterocycles. The maximum Gasteiger partial charge on any atom is 0.265 e. The van der Waals surface area contributed by atoms with Crippen molar-refractivity contribution in [3.8, 4) is 0 Å². The Bertz CT molecular complexity index is 158. The fraction of sp³-hybridized carbons (Fsp3) is 1.00. The molecule has 1 unspecified atom stereocenters. The summed E-state index contributed by atoms with van der Waals surface area (Å²) >= 11 is 0. The van der Waals surface area contributed by atoms with E-state index in [1.54, 1.807) is 0 Å². The summed E-state index contributed by atoms with van der Waals surface area (Å²) in [6.45, 7) is 6.07. The Balaban J connectivity index is 2.14. The van der Waals surface area contributed by atoms with E-state index in [2.05, 4.69) is 13.8 Å². The van der Waals surface area contributed by atoms with Crippen LogP contribution in [0.1, 0.15) is 13.8 Å². The second-order valence-corrected chi connectivity index (χ2v) is 4.12. The van der Waals surface area contributed by atoms with Crippen LogP contribution in [0.2, 0.25) is 0 Å². The van der Waals surface area contributed by atoms with Crippen LogP contribution in [0.25, 0.3) is 0 Å². The monoisotopic (exact) mass is 193 g/mol.